The molecule has 0 aliphatic carbocycles. The van der Waals surface area contributed by atoms with Crippen LogP contribution in [0.1, 0.15) is 38.7 Å². The van der Waals surface area contributed by atoms with E-state index < -0.39 is 0 Å². The molecule has 2 rings (SSSR count). The van der Waals surface area contributed by atoms with Crippen LogP contribution in [0.3, 0.4) is 0 Å². The summed E-state index contributed by atoms with van der Waals surface area (Å²) in [5.41, 5.74) is 8.28. The van der Waals surface area contributed by atoms with Gasteiger partial charge in [-0.15, -0.1) is 0 Å². The van der Waals surface area contributed by atoms with E-state index in [2.05, 4.69) is 60.8 Å². The SMILES string of the molecule is CCC(c1ccc(N)cc1)C(C)(C)C1CNCCNCCNCCN1C. The van der Waals surface area contributed by atoms with Gasteiger partial charge in [0.2, 0.25) is 0 Å². The molecule has 2 atom stereocenters. The number of anilines is 1. The van der Waals surface area contributed by atoms with Crippen molar-refractivity contribution in [3.05, 3.63) is 29.8 Å². The maximum atomic E-state index is 5.91. The molecule has 1 aliphatic rings. The fraction of sp³-hybridized carbons (Fsp3) is 0.714. The smallest absolute Gasteiger partial charge is 0.0314 e. The molecule has 0 aromatic heterocycles. The van der Waals surface area contributed by atoms with Crippen LogP contribution < -0.4 is 21.7 Å². The highest BCUT2D eigenvalue weighted by molar-refractivity contribution is 5.40. The molecule has 1 aromatic carbocycles. The number of nitrogens with two attached hydrogens (primary N) is 1. The third kappa shape index (κ3) is 5.68. The van der Waals surface area contributed by atoms with Crippen molar-refractivity contribution < 1.29 is 0 Å². The molecule has 148 valence electrons. The van der Waals surface area contributed by atoms with Crippen molar-refractivity contribution in [2.45, 2.75) is 39.2 Å². The van der Waals surface area contributed by atoms with E-state index in [1.807, 2.05) is 12.1 Å². The number of likely N-dealkylation sites (N-methyl/N-ethyl adjacent to an activating group) is 1. The molecule has 5 N–H and O–H groups in total. The lowest BCUT2D eigenvalue weighted by Crippen LogP contribution is -2.54. The molecule has 2 unspecified atom stereocenters. The van der Waals surface area contributed by atoms with E-state index >= 15 is 0 Å². The summed E-state index contributed by atoms with van der Waals surface area (Å²) in [6, 6.07) is 8.95. The van der Waals surface area contributed by atoms with Gasteiger partial charge >= 0.3 is 0 Å². The molecule has 1 aromatic rings. The van der Waals surface area contributed by atoms with Gasteiger partial charge in [0.25, 0.3) is 0 Å². The number of hydrogen-bond donors (Lipinski definition) is 4. The predicted octanol–water partition coefficient (Wildman–Crippen LogP) is 1.87. The molecule has 0 spiro atoms. The van der Waals surface area contributed by atoms with E-state index in [9.17, 15) is 0 Å². The highest BCUT2D eigenvalue weighted by Crippen LogP contribution is 2.42. The Morgan fingerprint density at radius 2 is 1.62 bits per heavy atom. The summed E-state index contributed by atoms with van der Waals surface area (Å²) in [6.45, 7) is 14.4. The molecular formula is C21H39N5. The first-order chi connectivity index (χ1) is 12.5. The second kappa shape index (κ2) is 10.3. The molecule has 26 heavy (non-hydrogen) atoms. The Balaban J connectivity index is 2.19. The number of nitrogens with zero attached hydrogens (tertiary/aromatic N) is 1. The fourth-order valence-electron chi connectivity index (χ4n) is 4.39. The van der Waals surface area contributed by atoms with Gasteiger partial charge in [0.05, 0.1) is 0 Å². The van der Waals surface area contributed by atoms with Crippen LogP contribution in [-0.2, 0) is 0 Å². The second-order valence-electron chi connectivity index (χ2n) is 8.15. The largest absolute Gasteiger partial charge is 0.399 e. The lowest BCUT2D eigenvalue weighted by Gasteiger charge is -2.46. The van der Waals surface area contributed by atoms with Crippen molar-refractivity contribution in [1.82, 2.24) is 20.9 Å². The van der Waals surface area contributed by atoms with Gasteiger partial charge in [0.1, 0.15) is 0 Å². The number of hydrogen-bond acceptors (Lipinski definition) is 5. The summed E-state index contributed by atoms with van der Waals surface area (Å²) in [7, 11) is 2.27. The Kier molecular flexibility index (Phi) is 8.35. The molecule has 5 nitrogen and oxygen atoms in total. The number of nitrogens with one attached hydrogen (secondary N) is 3. The van der Waals surface area contributed by atoms with Gasteiger partial charge in [0, 0.05) is 57.5 Å². The summed E-state index contributed by atoms with van der Waals surface area (Å²) in [5, 5.41) is 10.7. The van der Waals surface area contributed by atoms with Gasteiger partial charge in [-0.2, -0.15) is 0 Å². The average Bonchev–Trinajstić information content (AvgIpc) is 2.60. The van der Waals surface area contributed by atoms with Crippen molar-refractivity contribution in [2.75, 3.05) is 58.6 Å². The normalized spacial score (nSPS) is 23.0. The summed E-state index contributed by atoms with van der Waals surface area (Å²) < 4.78 is 0. The molecule has 1 aliphatic heterocycles. The van der Waals surface area contributed by atoms with Crippen molar-refractivity contribution in [1.29, 1.82) is 0 Å². The van der Waals surface area contributed by atoms with Crippen molar-refractivity contribution in [2.24, 2.45) is 5.41 Å². The molecule has 5 heteroatoms. The molecular weight excluding hydrogens is 322 g/mol. The van der Waals surface area contributed by atoms with Crippen LogP contribution in [0.15, 0.2) is 24.3 Å². The van der Waals surface area contributed by atoms with Gasteiger partial charge in [-0.3, -0.25) is 0 Å². The predicted molar refractivity (Wildman–Crippen MR) is 113 cm³/mol. The van der Waals surface area contributed by atoms with Crippen molar-refractivity contribution in [3.63, 3.8) is 0 Å². The maximum Gasteiger partial charge on any atom is 0.0314 e. The monoisotopic (exact) mass is 361 g/mol. The quantitative estimate of drug-likeness (QED) is 0.617. The molecule has 1 heterocycles. The van der Waals surface area contributed by atoms with Crippen LogP contribution in [0, 0.1) is 5.41 Å². The fourth-order valence-corrected chi connectivity index (χ4v) is 4.39. The van der Waals surface area contributed by atoms with Crippen LogP contribution in [0.25, 0.3) is 0 Å². The van der Waals surface area contributed by atoms with Crippen LogP contribution in [0.2, 0.25) is 0 Å². The molecule has 0 bridgehead atoms. The Hall–Kier alpha value is -1.14. The van der Waals surface area contributed by atoms with Crippen LogP contribution in [-0.4, -0.2) is 63.8 Å². The van der Waals surface area contributed by atoms with Crippen LogP contribution in [0.4, 0.5) is 5.69 Å². The van der Waals surface area contributed by atoms with Crippen molar-refractivity contribution in [3.8, 4) is 0 Å². The molecule has 1 saturated heterocycles. The van der Waals surface area contributed by atoms with E-state index in [4.69, 9.17) is 5.73 Å². The van der Waals surface area contributed by atoms with E-state index in [-0.39, 0.29) is 5.41 Å². The summed E-state index contributed by atoms with van der Waals surface area (Å²) in [4.78, 5) is 2.54. The zero-order chi connectivity index (χ0) is 19.0. The molecule has 0 radical (unpaired) electrons. The minimum absolute atomic E-state index is 0.143. The molecule has 0 amide bonds. The highest BCUT2D eigenvalue weighted by Gasteiger charge is 2.39. The molecule has 1 fully saturated rings. The summed E-state index contributed by atoms with van der Waals surface area (Å²) in [5.74, 6) is 0.497. The Labute approximate surface area is 160 Å². The van der Waals surface area contributed by atoms with Gasteiger partial charge < -0.3 is 26.6 Å². The van der Waals surface area contributed by atoms with Gasteiger partial charge in [-0.1, -0.05) is 32.9 Å². The number of nitrogen functional groups attached to an aromatic ring is 1. The van der Waals surface area contributed by atoms with Crippen LogP contribution >= 0.6 is 0 Å². The van der Waals surface area contributed by atoms with E-state index in [1.165, 1.54) is 5.56 Å². The summed E-state index contributed by atoms with van der Waals surface area (Å²) >= 11 is 0. The minimum Gasteiger partial charge on any atom is -0.399 e. The second-order valence-corrected chi connectivity index (χ2v) is 8.15. The topological polar surface area (TPSA) is 65.3 Å². The first-order valence-electron chi connectivity index (χ1n) is 10.1. The van der Waals surface area contributed by atoms with Crippen LogP contribution in [0.5, 0.6) is 0 Å². The van der Waals surface area contributed by atoms with E-state index in [0.717, 1.165) is 57.9 Å². The first-order valence-corrected chi connectivity index (χ1v) is 10.1. The standard InChI is InChI=1S/C21H39N5/c1-5-19(17-6-8-18(22)9-7-17)21(2,3)20-16-25-13-12-23-10-11-24-14-15-26(20)4/h6-9,19-20,23-25H,5,10-16,22H2,1-4H3. The van der Waals surface area contributed by atoms with Gasteiger partial charge in [0.15, 0.2) is 0 Å². The van der Waals surface area contributed by atoms with Gasteiger partial charge in [-0.25, -0.2) is 0 Å². The lowest BCUT2D eigenvalue weighted by molar-refractivity contribution is 0.0833. The Bertz CT molecular complexity index is 514. The van der Waals surface area contributed by atoms with E-state index in [0.29, 0.717) is 12.0 Å². The Morgan fingerprint density at radius 1 is 1.04 bits per heavy atom. The van der Waals surface area contributed by atoms with Crippen molar-refractivity contribution >= 4 is 5.69 Å². The Morgan fingerprint density at radius 3 is 2.23 bits per heavy atom. The summed E-state index contributed by atoms with van der Waals surface area (Å²) in [6.07, 6.45) is 1.13. The minimum atomic E-state index is 0.143. The lowest BCUT2D eigenvalue weighted by atomic mass is 9.68. The zero-order valence-electron chi connectivity index (χ0n) is 17.1. The average molecular weight is 362 g/mol. The number of rotatable bonds is 4. The third-order valence-electron chi connectivity index (χ3n) is 5.97. The first kappa shape index (κ1) is 21.2. The highest BCUT2D eigenvalue weighted by atomic mass is 15.2. The van der Waals surface area contributed by atoms with E-state index in [1.54, 1.807) is 0 Å². The third-order valence-corrected chi connectivity index (χ3v) is 5.97. The number of benzene rings is 1. The zero-order valence-corrected chi connectivity index (χ0v) is 17.1. The van der Waals surface area contributed by atoms with Gasteiger partial charge in [-0.05, 0) is 42.5 Å². The molecule has 0 saturated carbocycles. The maximum absolute atomic E-state index is 5.91.